The molecule has 0 spiro atoms. The summed E-state index contributed by atoms with van der Waals surface area (Å²) >= 11 is 0. The second-order valence-corrected chi connectivity index (χ2v) is 7.19. The van der Waals surface area contributed by atoms with E-state index in [4.69, 9.17) is 0 Å². The van der Waals surface area contributed by atoms with Crippen LogP contribution in [0.3, 0.4) is 0 Å². The van der Waals surface area contributed by atoms with Gasteiger partial charge in [0.15, 0.2) is 0 Å². The summed E-state index contributed by atoms with van der Waals surface area (Å²) in [5.74, 6) is 2.51. The van der Waals surface area contributed by atoms with Gasteiger partial charge in [-0.1, -0.05) is 13.8 Å². The molecule has 0 amide bonds. The maximum atomic E-state index is 11.0. The quantitative estimate of drug-likeness (QED) is 0.806. The van der Waals surface area contributed by atoms with E-state index in [-0.39, 0.29) is 0 Å². The third-order valence-electron chi connectivity index (χ3n) is 3.77. The van der Waals surface area contributed by atoms with Gasteiger partial charge >= 0.3 is 0 Å². The molecule has 1 aliphatic carbocycles. The number of hydrogen-bond donors (Lipinski definition) is 1. The summed E-state index contributed by atoms with van der Waals surface area (Å²) < 4.78 is 11.0. The Bertz CT molecular complexity index is 232. The summed E-state index contributed by atoms with van der Waals surface area (Å²) in [6.45, 7) is 6.94. The first-order valence-corrected chi connectivity index (χ1v) is 8.27. The number of rotatable bonds is 5. The van der Waals surface area contributed by atoms with Crippen LogP contribution in [0, 0.1) is 11.8 Å². The van der Waals surface area contributed by atoms with Crippen LogP contribution >= 0.6 is 0 Å². The zero-order valence-electron chi connectivity index (χ0n) is 11.2. The van der Waals surface area contributed by atoms with E-state index in [0.29, 0.717) is 12.1 Å². The van der Waals surface area contributed by atoms with E-state index in [9.17, 15) is 4.21 Å². The molecule has 5 atom stereocenters. The molecule has 0 radical (unpaired) electrons. The molecule has 3 heteroatoms. The van der Waals surface area contributed by atoms with Crippen LogP contribution in [0.5, 0.6) is 0 Å². The molecule has 5 unspecified atom stereocenters. The third kappa shape index (κ3) is 4.96. The highest BCUT2D eigenvalue weighted by atomic mass is 32.2. The first-order valence-electron chi connectivity index (χ1n) is 6.55. The lowest BCUT2D eigenvalue weighted by Crippen LogP contribution is -2.43. The van der Waals surface area contributed by atoms with Gasteiger partial charge in [0.2, 0.25) is 0 Å². The third-order valence-corrected chi connectivity index (χ3v) is 4.58. The largest absolute Gasteiger partial charge is 0.311 e. The van der Waals surface area contributed by atoms with Gasteiger partial charge in [0.05, 0.1) is 0 Å². The first kappa shape index (κ1) is 14.2. The van der Waals surface area contributed by atoms with Crippen molar-refractivity contribution in [3.05, 3.63) is 0 Å². The van der Waals surface area contributed by atoms with Crippen molar-refractivity contribution in [2.75, 3.05) is 12.0 Å². The monoisotopic (exact) mass is 245 g/mol. The molecule has 0 heterocycles. The predicted molar refractivity (Wildman–Crippen MR) is 72.1 cm³/mol. The normalized spacial score (nSPS) is 34.6. The topological polar surface area (TPSA) is 29.1 Å². The van der Waals surface area contributed by atoms with Gasteiger partial charge in [0.1, 0.15) is 0 Å². The summed E-state index contributed by atoms with van der Waals surface area (Å²) in [7, 11) is -0.647. The van der Waals surface area contributed by atoms with Crippen molar-refractivity contribution < 1.29 is 4.21 Å². The fraction of sp³-hybridized carbons (Fsp3) is 1.00. The van der Waals surface area contributed by atoms with E-state index in [2.05, 4.69) is 26.1 Å². The highest BCUT2D eigenvalue weighted by Gasteiger charge is 2.25. The second-order valence-electron chi connectivity index (χ2n) is 5.64. The van der Waals surface area contributed by atoms with Crippen molar-refractivity contribution in [1.82, 2.24) is 5.32 Å². The van der Waals surface area contributed by atoms with Gasteiger partial charge in [-0.3, -0.25) is 4.21 Å². The van der Waals surface area contributed by atoms with Gasteiger partial charge in [0.25, 0.3) is 0 Å². The van der Waals surface area contributed by atoms with E-state index in [1.54, 1.807) is 6.26 Å². The molecule has 16 heavy (non-hydrogen) atoms. The van der Waals surface area contributed by atoms with Gasteiger partial charge in [0, 0.05) is 34.9 Å². The zero-order valence-corrected chi connectivity index (χ0v) is 12.0. The predicted octanol–water partition coefficient (Wildman–Crippen LogP) is 2.56. The smallest absolute Gasteiger partial charge is 0.0246 e. The minimum absolute atomic E-state index is 0.504. The van der Waals surface area contributed by atoms with Crippen molar-refractivity contribution in [1.29, 1.82) is 0 Å². The molecule has 0 bridgehead atoms. The van der Waals surface area contributed by atoms with Crippen LogP contribution in [-0.2, 0) is 10.8 Å². The molecule has 0 saturated heterocycles. The molecule has 1 saturated carbocycles. The molecule has 1 rings (SSSR count). The van der Waals surface area contributed by atoms with Crippen molar-refractivity contribution >= 4 is 10.8 Å². The molecular weight excluding hydrogens is 218 g/mol. The summed E-state index contributed by atoms with van der Waals surface area (Å²) in [4.78, 5) is 0. The lowest BCUT2D eigenvalue weighted by Gasteiger charge is -2.35. The fourth-order valence-electron chi connectivity index (χ4n) is 2.70. The van der Waals surface area contributed by atoms with Crippen LogP contribution in [0.2, 0.25) is 0 Å². The molecule has 2 nitrogen and oxygen atoms in total. The van der Waals surface area contributed by atoms with E-state index in [1.165, 1.54) is 19.3 Å². The van der Waals surface area contributed by atoms with Crippen molar-refractivity contribution in [2.45, 2.75) is 58.5 Å². The molecule has 0 aromatic carbocycles. The van der Waals surface area contributed by atoms with Gasteiger partial charge in [-0.15, -0.1) is 0 Å². The second kappa shape index (κ2) is 6.75. The zero-order chi connectivity index (χ0) is 12.1. The van der Waals surface area contributed by atoms with Crippen LogP contribution in [0.4, 0.5) is 0 Å². The molecule has 1 aliphatic rings. The molecular formula is C13H27NOS. The van der Waals surface area contributed by atoms with E-state index >= 15 is 0 Å². The Morgan fingerprint density at radius 1 is 1.38 bits per heavy atom. The van der Waals surface area contributed by atoms with Crippen molar-refractivity contribution in [3.8, 4) is 0 Å². The van der Waals surface area contributed by atoms with E-state index in [1.807, 2.05) is 0 Å². The molecule has 96 valence electrons. The maximum absolute atomic E-state index is 11.0. The Labute approximate surface area is 103 Å². The Morgan fingerprint density at radius 3 is 2.62 bits per heavy atom. The van der Waals surface area contributed by atoms with Crippen LogP contribution in [0.1, 0.15) is 46.5 Å². The Kier molecular flexibility index (Phi) is 5.98. The van der Waals surface area contributed by atoms with Crippen LogP contribution in [-0.4, -0.2) is 28.3 Å². The summed E-state index contributed by atoms with van der Waals surface area (Å²) in [6.07, 6.45) is 6.83. The van der Waals surface area contributed by atoms with Gasteiger partial charge < -0.3 is 5.32 Å². The first-order chi connectivity index (χ1) is 7.49. The fourth-order valence-corrected chi connectivity index (χ4v) is 3.39. The summed E-state index contributed by atoms with van der Waals surface area (Å²) in [6, 6.07) is 1.18. The Balaban J connectivity index is 2.27. The molecule has 1 N–H and O–H groups in total. The van der Waals surface area contributed by atoms with Crippen LogP contribution < -0.4 is 5.32 Å². The van der Waals surface area contributed by atoms with Gasteiger partial charge in [-0.25, -0.2) is 0 Å². The van der Waals surface area contributed by atoms with Crippen LogP contribution in [0.25, 0.3) is 0 Å². The Hall–Kier alpha value is 0.110. The minimum Gasteiger partial charge on any atom is -0.311 e. The maximum Gasteiger partial charge on any atom is 0.0246 e. The highest BCUT2D eigenvalue weighted by Crippen LogP contribution is 2.28. The summed E-state index contributed by atoms with van der Waals surface area (Å²) in [5.41, 5.74) is 0. The number of nitrogens with one attached hydrogen (secondary N) is 1. The van der Waals surface area contributed by atoms with Crippen molar-refractivity contribution in [3.63, 3.8) is 0 Å². The molecule has 0 aromatic heterocycles. The molecule has 1 fully saturated rings. The highest BCUT2D eigenvalue weighted by molar-refractivity contribution is 7.84. The summed E-state index contributed by atoms with van der Waals surface area (Å²) in [5, 5.41) is 3.71. The molecule has 0 aromatic rings. The van der Waals surface area contributed by atoms with Crippen LogP contribution in [0.15, 0.2) is 0 Å². The average Bonchev–Trinajstić information content (AvgIpc) is 2.19. The number of hydrogen-bond acceptors (Lipinski definition) is 2. The van der Waals surface area contributed by atoms with Gasteiger partial charge in [-0.2, -0.15) is 0 Å². The lowest BCUT2D eigenvalue weighted by atomic mass is 9.79. The SMILES string of the molecule is CC1CCC(NC(C)CCS(C)=O)C(C)C1. The Morgan fingerprint density at radius 2 is 2.06 bits per heavy atom. The van der Waals surface area contributed by atoms with Gasteiger partial charge in [-0.05, 0) is 44.4 Å². The standard InChI is InChI=1S/C13H27NOS/c1-10-5-6-13(11(2)9-10)14-12(3)7-8-16(4)15/h10-14H,5-9H2,1-4H3. The lowest BCUT2D eigenvalue weighted by molar-refractivity contribution is 0.215. The average molecular weight is 245 g/mol. The van der Waals surface area contributed by atoms with E-state index in [0.717, 1.165) is 24.0 Å². The minimum atomic E-state index is -0.647. The molecule has 0 aliphatic heterocycles. The van der Waals surface area contributed by atoms with E-state index < -0.39 is 10.8 Å². The van der Waals surface area contributed by atoms with Crippen molar-refractivity contribution in [2.24, 2.45) is 11.8 Å².